The van der Waals surface area contributed by atoms with E-state index in [4.69, 9.17) is 18.8 Å². The average Bonchev–Trinajstić information content (AvgIpc) is 1.46. The van der Waals surface area contributed by atoms with Gasteiger partial charge in [-0.15, -0.1) is 0 Å². The summed E-state index contributed by atoms with van der Waals surface area (Å²) >= 11 is 0. The predicted molar refractivity (Wildman–Crippen MR) is 413 cm³/mol. The minimum Gasteiger partial charge on any atom is -0.454 e. The summed E-state index contributed by atoms with van der Waals surface area (Å²) in [7, 11) is 0. The summed E-state index contributed by atoms with van der Waals surface area (Å²) in [6.45, 7) is 4.77. The van der Waals surface area contributed by atoms with Gasteiger partial charge in [-0.1, -0.05) is 256 Å². The van der Waals surface area contributed by atoms with E-state index in [-0.39, 0.29) is 11.8 Å². The minimum atomic E-state index is 0.124. The van der Waals surface area contributed by atoms with Gasteiger partial charge in [0, 0.05) is 51.0 Å². The fourth-order valence-electron chi connectivity index (χ4n) is 16.8. The number of fused-ring (bicyclic) bond motifs is 13. The van der Waals surface area contributed by atoms with Crippen molar-refractivity contribution >= 4 is 109 Å². The summed E-state index contributed by atoms with van der Waals surface area (Å²) < 4.78 is 13.0. The summed E-state index contributed by atoms with van der Waals surface area (Å²) in [5.41, 5.74) is 24.6. The van der Waals surface area contributed by atoms with Crippen LogP contribution in [0.25, 0.3) is 176 Å². The Morgan fingerprint density at radius 2 is 0.758 bits per heavy atom. The Bertz CT molecular complexity index is 6660. The van der Waals surface area contributed by atoms with Gasteiger partial charge in [-0.2, -0.15) is 0 Å². The van der Waals surface area contributed by atoms with E-state index in [1.807, 2.05) is 36.7 Å². The lowest BCUT2D eigenvalue weighted by Crippen LogP contribution is -2.40. The van der Waals surface area contributed by atoms with Gasteiger partial charge in [0.1, 0.15) is 22.6 Å². The van der Waals surface area contributed by atoms with Gasteiger partial charge < -0.3 is 8.83 Å². The minimum absolute atomic E-state index is 0.124. The number of aromatic nitrogens is 2. The maximum Gasteiger partial charge on any atom is 0.161 e. The molecule has 2 aliphatic rings. The van der Waals surface area contributed by atoms with Crippen LogP contribution < -0.4 is 10.4 Å². The first-order valence-corrected chi connectivity index (χ1v) is 34.5. The Labute approximate surface area is 571 Å². The summed E-state index contributed by atoms with van der Waals surface area (Å²) in [5.74, 6) is 0.400. The molecule has 2 atom stereocenters. The second kappa shape index (κ2) is 22.6. The van der Waals surface area contributed by atoms with Crippen molar-refractivity contribution < 1.29 is 8.83 Å². The SMILES string of the molecule is CCC1=CC=C2C(c3ccc4cc(-c5ccc(-c6c7ccccc7c(-c7ccccc7)c7ccc(-c8nccc9c8oc8ccccc89)cc67)cc5)ccc4c3)=c3ccc(-c4ccc5cc(-c6nccc7c6oc6ccccc67)ccc5c4)cc3=C(c3ccc4ccccc4c3)C2C1C. The molecule has 0 saturated carbocycles. The Kier molecular flexibility index (Phi) is 12.9. The molecular weight excluding hydrogens is 1200 g/mol. The van der Waals surface area contributed by atoms with Gasteiger partial charge >= 0.3 is 0 Å². The van der Waals surface area contributed by atoms with E-state index in [0.29, 0.717) is 0 Å². The zero-order valence-corrected chi connectivity index (χ0v) is 54.6. The van der Waals surface area contributed by atoms with E-state index in [2.05, 4.69) is 293 Å². The molecule has 464 valence electrons. The summed E-state index contributed by atoms with van der Waals surface area (Å²) in [4.78, 5) is 9.88. The topological polar surface area (TPSA) is 52.1 Å². The molecule has 4 aromatic heterocycles. The second-order valence-electron chi connectivity index (χ2n) is 26.9. The van der Waals surface area contributed by atoms with Crippen molar-refractivity contribution in [3.05, 3.63) is 348 Å². The standard InChI is InChI=1S/C95H62N2O2/c1-3-57-39-44-82-87(56(57)2)91(71-36-27-58-15-7-8-18-62(58)51-71)84-54-69(66-32-33-68-53-72(38-35-65(68)50-66)92-94-80(45-47-96-92)74-19-11-13-23-85(74)98-94)40-42-79(84)90(82)70-37-34-64-49-63(30-31-67(64)52-70)59-25-28-61(29-26-59)89-77-22-10-9-21-76(77)88(60-16-5-4-6-17-60)78-43-41-73(55-83(78)89)93-95-81(46-48-97-93)75-20-12-14-24-86(75)99-95/h4-56,87H,3H2,1-2H3. The Morgan fingerprint density at radius 1 is 0.313 bits per heavy atom. The van der Waals surface area contributed by atoms with Crippen LogP contribution in [0.1, 0.15) is 31.4 Å². The number of nitrogens with zero attached hydrogens (tertiary/aromatic N) is 2. The molecule has 14 aromatic carbocycles. The molecule has 4 nitrogen and oxygen atoms in total. The van der Waals surface area contributed by atoms with Gasteiger partial charge in [-0.3, -0.25) is 9.97 Å². The fourth-order valence-corrected chi connectivity index (χ4v) is 16.8. The highest BCUT2D eigenvalue weighted by Crippen LogP contribution is 2.49. The monoisotopic (exact) mass is 1260 g/mol. The normalized spacial score (nSPS) is 14.7. The van der Waals surface area contributed by atoms with E-state index in [9.17, 15) is 0 Å². The zero-order valence-electron chi connectivity index (χ0n) is 54.6. The van der Waals surface area contributed by atoms with Crippen LogP contribution in [0.3, 0.4) is 0 Å². The molecule has 4 heterocycles. The van der Waals surface area contributed by atoms with Gasteiger partial charge in [0.2, 0.25) is 0 Å². The lowest BCUT2D eigenvalue weighted by atomic mass is 9.66. The van der Waals surface area contributed by atoms with Crippen molar-refractivity contribution in [2.24, 2.45) is 11.8 Å². The van der Waals surface area contributed by atoms with Crippen molar-refractivity contribution in [3.8, 4) is 67.0 Å². The van der Waals surface area contributed by atoms with Crippen LogP contribution in [0.4, 0.5) is 0 Å². The zero-order chi connectivity index (χ0) is 65.4. The molecule has 4 heteroatoms. The fraction of sp³-hybridized carbons (Fsp3) is 0.0526. The number of hydrogen-bond acceptors (Lipinski definition) is 4. The van der Waals surface area contributed by atoms with Crippen molar-refractivity contribution in [3.63, 3.8) is 0 Å². The van der Waals surface area contributed by atoms with Crippen LogP contribution in [0.2, 0.25) is 0 Å². The van der Waals surface area contributed by atoms with Crippen LogP contribution in [0.15, 0.2) is 336 Å². The molecule has 0 aliphatic heterocycles. The first-order chi connectivity index (χ1) is 48.9. The van der Waals surface area contributed by atoms with Gasteiger partial charge in [-0.05, 0) is 216 Å². The van der Waals surface area contributed by atoms with Gasteiger partial charge in [-0.25, -0.2) is 0 Å². The summed E-state index contributed by atoms with van der Waals surface area (Å²) in [6.07, 6.45) is 9.68. The maximum atomic E-state index is 6.59. The Hall–Kier alpha value is -12.5. The van der Waals surface area contributed by atoms with Crippen LogP contribution in [0, 0.1) is 11.8 Å². The molecule has 0 fully saturated rings. The van der Waals surface area contributed by atoms with Crippen molar-refractivity contribution in [2.45, 2.75) is 20.3 Å². The number of allylic oxidation sites excluding steroid dienone is 4. The number of furan rings is 2. The lowest BCUT2D eigenvalue weighted by molar-refractivity contribution is 0.549. The Balaban J connectivity index is 0.703. The molecule has 0 radical (unpaired) electrons. The van der Waals surface area contributed by atoms with Crippen molar-refractivity contribution in [1.29, 1.82) is 0 Å². The lowest BCUT2D eigenvalue weighted by Gasteiger charge is -2.37. The van der Waals surface area contributed by atoms with Gasteiger partial charge in [0.05, 0.1) is 0 Å². The van der Waals surface area contributed by atoms with Crippen molar-refractivity contribution in [1.82, 2.24) is 9.97 Å². The first kappa shape index (κ1) is 56.8. The molecule has 0 saturated heterocycles. The highest BCUT2D eigenvalue weighted by Gasteiger charge is 2.36. The molecule has 0 bridgehead atoms. The van der Waals surface area contributed by atoms with Crippen LogP contribution >= 0.6 is 0 Å². The quantitative estimate of drug-likeness (QED) is 0.135. The molecule has 0 N–H and O–H groups in total. The molecule has 0 spiro atoms. The Morgan fingerprint density at radius 3 is 1.42 bits per heavy atom. The third-order valence-electron chi connectivity index (χ3n) is 21.6. The number of pyridine rings is 2. The molecule has 2 aliphatic carbocycles. The maximum absolute atomic E-state index is 6.59. The molecule has 20 rings (SSSR count). The number of para-hydroxylation sites is 2. The molecule has 18 aromatic rings. The van der Waals surface area contributed by atoms with Crippen molar-refractivity contribution in [2.75, 3.05) is 0 Å². The third kappa shape index (κ3) is 9.13. The number of benzene rings is 14. The van der Waals surface area contributed by atoms with Gasteiger partial charge in [0.25, 0.3) is 0 Å². The smallest absolute Gasteiger partial charge is 0.161 e. The number of hydrogen-bond donors (Lipinski definition) is 0. The number of rotatable bonds is 9. The molecule has 2 unspecified atom stereocenters. The van der Waals surface area contributed by atoms with E-state index < -0.39 is 0 Å². The molecule has 0 amide bonds. The third-order valence-corrected chi connectivity index (χ3v) is 21.6. The van der Waals surface area contributed by atoms with Crippen LogP contribution in [0.5, 0.6) is 0 Å². The average molecular weight is 1260 g/mol. The molecule has 99 heavy (non-hydrogen) atoms. The van der Waals surface area contributed by atoms with Crippen LogP contribution in [-0.4, -0.2) is 9.97 Å². The van der Waals surface area contributed by atoms with E-state index >= 15 is 0 Å². The second-order valence-corrected chi connectivity index (χ2v) is 26.9. The van der Waals surface area contributed by atoms with E-state index in [1.165, 1.54) is 120 Å². The summed E-state index contributed by atoms with van der Waals surface area (Å²) in [6, 6.07) is 107. The van der Waals surface area contributed by atoms with E-state index in [1.54, 1.807) is 0 Å². The molecular formula is C95H62N2O2. The predicted octanol–water partition coefficient (Wildman–Crippen LogP) is 24.0. The summed E-state index contributed by atoms with van der Waals surface area (Å²) in [5, 5.41) is 18.9. The van der Waals surface area contributed by atoms with E-state index in [0.717, 1.165) is 94.7 Å². The first-order valence-electron chi connectivity index (χ1n) is 34.5. The largest absolute Gasteiger partial charge is 0.454 e. The van der Waals surface area contributed by atoms with Gasteiger partial charge in [0.15, 0.2) is 11.2 Å². The highest BCUT2D eigenvalue weighted by atomic mass is 16.3. The van der Waals surface area contributed by atoms with Crippen LogP contribution in [-0.2, 0) is 0 Å². The highest BCUT2D eigenvalue weighted by molar-refractivity contribution is 6.22.